The van der Waals surface area contributed by atoms with Crippen molar-refractivity contribution < 1.29 is 14.3 Å². The summed E-state index contributed by atoms with van der Waals surface area (Å²) < 4.78 is 5.74. The highest BCUT2D eigenvalue weighted by Gasteiger charge is 2.56. The van der Waals surface area contributed by atoms with E-state index in [0.717, 1.165) is 58.4 Å². The molecule has 2 aliphatic heterocycles. The zero-order chi connectivity index (χ0) is 16.7. The monoisotopic (exact) mass is 322 g/mol. The van der Waals surface area contributed by atoms with Crippen molar-refractivity contribution in [3.05, 3.63) is 0 Å². The van der Waals surface area contributed by atoms with E-state index < -0.39 is 5.60 Å². The van der Waals surface area contributed by atoms with Crippen LogP contribution in [0.15, 0.2) is 0 Å². The molecule has 2 atom stereocenters. The molecule has 5 nitrogen and oxygen atoms in total. The van der Waals surface area contributed by atoms with Crippen LogP contribution in [0.1, 0.15) is 52.9 Å². The van der Waals surface area contributed by atoms with Gasteiger partial charge in [0.2, 0.25) is 5.91 Å². The molecule has 0 radical (unpaired) electrons. The molecule has 1 amide bonds. The van der Waals surface area contributed by atoms with Crippen LogP contribution in [0.2, 0.25) is 0 Å². The SMILES string of the molecule is CC(C)(C)OC(=O)[C@@]12CCC[C@H]1CN(CCN1CCCC1=O)C2. The molecule has 2 heterocycles. The highest BCUT2D eigenvalue weighted by atomic mass is 16.6. The Balaban J connectivity index is 1.60. The quantitative estimate of drug-likeness (QED) is 0.743. The molecule has 5 heteroatoms. The van der Waals surface area contributed by atoms with Crippen molar-refractivity contribution in [1.29, 1.82) is 0 Å². The first-order valence-electron chi connectivity index (χ1n) is 9.04. The van der Waals surface area contributed by atoms with Gasteiger partial charge in [-0.1, -0.05) is 6.42 Å². The minimum atomic E-state index is -0.422. The van der Waals surface area contributed by atoms with Crippen molar-refractivity contribution in [2.75, 3.05) is 32.7 Å². The second kappa shape index (κ2) is 6.08. The number of nitrogens with zero attached hydrogens (tertiary/aromatic N) is 2. The molecule has 3 fully saturated rings. The summed E-state index contributed by atoms with van der Waals surface area (Å²) in [5.74, 6) is 0.699. The summed E-state index contributed by atoms with van der Waals surface area (Å²) in [6, 6.07) is 0. The maximum atomic E-state index is 12.8. The van der Waals surface area contributed by atoms with Crippen molar-refractivity contribution in [2.24, 2.45) is 11.3 Å². The smallest absolute Gasteiger partial charge is 0.314 e. The Bertz CT molecular complexity index is 485. The van der Waals surface area contributed by atoms with Crippen LogP contribution in [-0.4, -0.2) is 60.0 Å². The lowest BCUT2D eigenvalue weighted by atomic mass is 9.80. The predicted octanol–water partition coefficient (Wildman–Crippen LogP) is 2.05. The molecule has 2 saturated heterocycles. The summed E-state index contributed by atoms with van der Waals surface area (Å²) in [4.78, 5) is 28.9. The molecule has 3 rings (SSSR count). The molecule has 1 aliphatic carbocycles. The van der Waals surface area contributed by atoms with Gasteiger partial charge in [0, 0.05) is 39.1 Å². The second-order valence-electron chi connectivity index (χ2n) is 8.47. The van der Waals surface area contributed by atoms with Crippen LogP contribution in [0.25, 0.3) is 0 Å². The van der Waals surface area contributed by atoms with E-state index in [0.29, 0.717) is 12.3 Å². The summed E-state index contributed by atoms with van der Waals surface area (Å²) in [5.41, 5.74) is -0.726. The number of amides is 1. The van der Waals surface area contributed by atoms with Gasteiger partial charge in [0.1, 0.15) is 5.60 Å². The minimum absolute atomic E-state index is 0.00718. The molecule has 0 aromatic rings. The number of esters is 1. The fourth-order valence-electron chi connectivity index (χ4n) is 4.48. The number of rotatable bonds is 4. The zero-order valence-corrected chi connectivity index (χ0v) is 14.8. The molecular weight excluding hydrogens is 292 g/mol. The summed E-state index contributed by atoms with van der Waals surface area (Å²) in [5, 5.41) is 0. The van der Waals surface area contributed by atoms with E-state index in [-0.39, 0.29) is 17.3 Å². The van der Waals surface area contributed by atoms with Gasteiger partial charge < -0.3 is 14.5 Å². The van der Waals surface area contributed by atoms with Crippen LogP contribution in [0, 0.1) is 11.3 Å². The largest absolute Gasteiger partial charge is 0.459 e. The van der Waals surface area contributed by atoms with Gasteiger partial charge in [-0.25, -0.2) is 0 Å². The molecular formula is C18H30N2O3. The molecule has 0 aromatic heterocycles. The maximum absolute atomic E-state index is 12.8. The van der Waals surface area contributed by atoms with Crippen LogP contribution in [0.5, 0.6) is 0 Å². The van der Waals surface area contributed by atoms with Crippen molar-refractivity contribution >= 4 is 11.9 Å². The Morgan fingerprint density at radius 1 is 1.30 bits per heavy atom. The summed E-state index contributed by atoms with van der Waals surface area (Å²) in [7, 11) is 0. The van der Waals surface area contributed by atoms with E-state index in [1.165, 1.54) is 0 Å². The number of likely N-dealkylation sites (tertiary alicyclic amines) is 2. The van der Waals surface area contributed by atoms with Crippen molar-refractivity contribution in [3.8, 4) is 0 Å². The molecule has 0 N–H and O–H groups in total. The minimum Gasteiger partial charge on any atom is -0.459 e. The van der Waals surface area contributed by atoms with Gasteiger partial charge in [-0.2, -0.15) is 0 Å². The second-order valence-corrected chi connectivity index (χ2v) is 8.47. The van der Waals surface area contributed by atoms with Gasteiger partial charge in [0.05, 0.1) is 5.41 Å². The topological polar surface area (TPSA) is 49.9 Å². The van der Waals surface area contributed by atoms with E-state index in [9.17, 15) is 9.59 Å². The molecule has 130 valence electrons. The summed E-state index contributed by atoms with van der Waals surface area (Å²) >= 11 is 0. The van der Waals surface area contributed by atoms with Crippen LogP contribution < -0.4 is 0 Å². The van der Waals surface area contributed by atoms with E-state index >= 15 is 0 Å². The number of carbonyl (C=O) groups is 2. The van der Waals surface area contributed by atoms with Crippen molar-refractivity contribution in [1.82, 2.24) is 9.80 Å². The lowest BCUT2D eigenvalue weighted by Gasteiger charge is -2.31. The van der Waals surface area contributed by atoms with Gasteiger partial charge in [0.25, 0.3) is 0 Å². The van der Waals surface area contributed by atoms with Gasteiger partial charge in [-0.05, 0) is 46.0 Å². The third-order valence-corrected chi connectivity index (χ3v) is 5.60. The number of hydrogen-bond donors (Lipinski definition) is 0. The Hall–Kier alpha value is -1.10. The first-order chi connectivity index (χ1) is 10.8. The number of hydrogen-bond acceptors (Lipinski definition) is 4. The zero-order valence-electron chi connectivity index (χ0n) is 14.8. The molecule has 0 aromatic carbocycles. The van der Waals surface area contributed by atoms with Crippen LogP contribution >= 0.6 is 0 Å². The van der Waals surface area contributed by atoms with Gasteiger partial charge >= 0.3 is 5.97 Å². The highest BCUT2D eigenvalue weighted by molar-refractivity contribution is 5.79. The Morgan fingerprint density at radius 3 is 2.74 bits per heavy atom. The molecule has 1 saturated carbocycles. The Kier molecular flexibility index (Phi) is 4.43. The number of ether oxygens (including phenoxy) is 1. The van der Waals surface area contributed by atoms with Crippen molar-refractivity contribution in [2.45, 2.75) is 58.5 Å². The first kappa shape index (κ1) is 16.7. The first-order valence-corrected chi connectivity index (χ1v) is 9.04. The average Bonchev–Trinajstić information content (AvgIpc) is 3.08. The van der Waals surface area contributed by atoms with Gasteiger partial charge in [0.15, 0.2) is 0 Å². The fourth-order valence-corrected chi connectivity index (χ4v) is 4.48. The highest BCUT2D eigenvalue weighted by Crippen LogP contribution is 2.49. The summed E-state index contributed by atoms with van der Waals surface area (Å²) in [6.45, 7) is 10.2. The lowest BCUT2D eigenvalue weighted by Crippen LogP contribution is -2.42. The average molecular weight is 322 g/mol. The third-order valence-electron chi connectivity index (χ3n) is 5.60. The standard InChI is InChI=1S/C18H30N2O3/c1-17(2,3)23-16(22)18-8-4-6-14(18)12-19(13-18)10-11-20-9-5-7-15(20)21/h14H,4-13H2,1-3H3/t14-,18+/m0/s1. The Labute approximate surface area is 139 Å². The van der Waals surface area contributed by atoms with E-state index in [4.69, 9.17) is 4.74 Å². The third kappa shape index (κ3) is 3.39. The van der Waals surface area contributed by atoms with Crippen molar-refractivity contribution in [3.63, 3.8) is 0 Å². The van der Waals surface area contributed by atoms with Gasteiger partial charge in [-0.15, -0.1) is 0 Å². The molecule has 3 aliphatic rings. The molecule has 23 heavy (non-hydrogen) atoms. The van der Waals surface area contributed by atoms with E-state index in [2.05, 4.69) is 4.90 Å². The summed E-state index contributed by atoms with van der Waals surface area (Å²) in [6.07, 6.45) is 4.89. The molecule has 0 bridgehead atoms. The normalized spacial score (nSPS) is 31.7. The van der Waals surface area contributed by atoms with E-state index in [1.54, 1.807) is 0 Å². The lowest BCUT2D eigenvalue weighted by molar-refractivity contribution is -0.168. The van der Waals surface area contributed by atoms with Gasteiger partial charge in [-0.3, -0.25) is 9.59 Å². The number of fused-ring (bicyclic) bond motifs is 1. The fraction of sp³-hybridized carbons (Fsp3) is 0.889. The predicted molar refractivity (Wildman–Crippen MR) is 87.9 cm³/mol. The number of carbonyl (C=O) groups excluding carboxylic acids is 2. The van der Waals surface area contributed by atoms with Crippen LogP contribution in [0.4, 0.5) is 0 Å². The Morgan fingerprint density at radius 2 is 2.09 bits per heavy atom. The molecule has 0 spiro atoms. The van der Waals surface area contributed by atoms with E-state index in [1.807, 2.05) is 25.7 Å². The van der Waals surface area contributed by atoms with Crippen LogP contribution in [0.3, 0.4) is 0 Å². The maximum Gasteiger partial charge on any atom is 0.314 e. The van der Waals surface area contributed by atoms with Crippen LogP contribution in [-0.2, 0) is 14.3 Å². The molecule has 0 unspecified atom stereocenters.